The van der Waals surface area contributed by atoms with Crippen LogP contribution >= 0.6 is 0 Å². The van der Waals surface area contributed by atoms with Crippen LogP contribution < -0.4 is 81.1 Å². The van der Waals surface area contributed by atoms with Gasteiger partial charge in [-0.15, -0.1) is 0 Å². The third kappa shape index (κ3) is 26.2. The van der Waals surface area contributed by atoms with E-state index in [-0.39, 0.29) is 23.6 Å². The van der Waals surface area contributed by atoms with Crippen LogP contribution in [0.2, 0.25) is 0 Å². The maximum Gasteiger partial charge on any atom is 0.247 e. The number of hydrogen-bond acceptors (Lipinski definition) is 32. The maximum absolute atomic E-state index is 12.3. The Labute approximate surface area is 871 Å². The third-order valence-electron chi connectivity index (χ3n) is 25.6. The highest BCUT2D eigenvalue weighted by atomic mass is 16.5. The molecule has 2 saturated heterocycles. The number of carbonyl (C=O) groups is 4. The smallest absolute Gasteiger partial charge is 0.247 e. The van der Waals surface area contributed by atoms with Gasteiger partial charge in [-0.1, -0.05) is 26.3 Å². The van der Waals surface area contributed by atoms with Gasteiger partial charge in [-0.05, 0) is 184 Å². The molecule has 0 spiro atoms. The molecule has 2 fully saturated rings. The number of amides is 4. The van der Waals surface area contributed by atoms with Gasteiger partial charge in [0.05, 0.1) is 119 Å². The number of piperidine rings is 1. The second kappa shape index (κ2) is 49.0. The van der Waals surface area contributed by atoms with E-state index >= 15 is 0 Å². The Morgan fingerprint density at radius 2 is 0.613 bits per heavy atom. The standard InChI is InChI=1S/C29H34N8O2.C27H30N8O2.2C27H32N8O2/c1-6-27(38)32-23-16-24(26(39-5)17-25(23)37-13-9-21(10-14-37)35(2)3)34-29-30-11-7-22(33-29)20-15-19-8-12-36(4)28(19)31-18-20;1-5-25(36)30-21-15-22(24(37-4)16-23(21)35-12-10-33(2)11-13-35)32-27-28-8-6-20(31-27)19-14-18-7-9-34(3)26(18)29-17-19;2*1-7-25(36)30-21-15-22(24(37-6)16-23(21)34(4)13-12-33(2)3)32-27-28-10-8-20(31-27)19-14-18-9-11-35(5)26(18)29-17-19/h6-8,11-12,15-18,21H,1,9-10,13-14H2,2-5H3,(H,32,38)(H,30,33,34);5-9,14-17H,1,10-13H2,2-4H3,(H,30,36)(H,28,31,32);2*7-11,14-17H,1,12-13H2,2-6H3,(H,30,36)(H,28,31,32). The number of rotatable bonds is 35. The monoisotopic (exact) mass is 2030 g/mol. The van der Waals surface area contributed by atoms with E-state index in [0.717, 1.165) is 190 Å². The number of carbonyl (C=O) groups excluding carboxylic acids is 4. The molecule has 0 atom stereocenters. The van der Waals surface area contributed by atoms with E-state index in [0.29, 0.717) is 98.3 Å². The zero-order valence-corrected chi connectivity index (χ0v) is 87.7. The number of hydrogen-bond donors (Lipinski definition) is 8. The molecule has 12 aromatic heterocycles. The zero-order valence-electron chi connectivity index (χ0n) is 87.7. The van der Waals surface area contributed by atoms with Gasteiger partial charge in [-0.2, -0.15) is 0 Å². The molecule has 16 aromatic rings. The van der Waals surface area contributed by atoms with E-state index in [4.69, 9.17) is 38.9 Å². The number of nitrogens with one attached hydrogen (secondary N) is 8. The fourth-order valence-electron chi connectivity index (χ4n) is 17.2. The molecule has 40 nitrogen and oxygen atoms in total. The van der Waals surface area contributed by atoms with Crippen molar-refractivity contribution in [3.05, 3.63) is 246 Å². The lowest BCUT2D eigenvalue weighted by Gasteiger charge is -2.37. The SMILES string of the molecule is C=CC(=O)Nc1cc(Nc2nccc(-c3cnc4c(ccn4C)c3)n2)c(OC)cc1N(C)CCN(C)C.C=CC(=O)Nc1cc(Nc2nccc(-c3cnc4c(ccn4C)c3)n2)c(OC)cc1N(C)CCN(C)C.C=CC(=O)Nc1cc(Nc2nccc(-c3cnc4c(ccn4C)c3)n2)c(OC)cc1N1CCC(N(C)C)CC1.C=CC(=O)Nc1cc(Nc2nccc(-c3cnc4c(ccn4C)c3)n2)c(OC)cc1N1CCN(C)CC1. The van der Waals surface area contributed by atoms with Gasteiger partial charge in [0, 0.05) is 256 Å². The molecular formula is C110H128N32O8. The summed E-state index contributed by atoms with van der Waals surface area (Å²) >= 11 is 0. The van der Waals surface area contributed by atoms with Gasteiger partial charge >= 0.3 is 0 Å². The van der Waals surface area contributed by atoms with Crippen molar-refractivity contribution in [3.63, 3.8) is 0 Å². The molecule has 8 N–H and O–H groups in total. The van der Waals surface area contributed by atoms with E-state index in [2.05, 4.69) is 193 Å². The first-order valence-electron chi connectivity index (χ1n) is 48.6. The van der Waals surface area contributed by atoms with Gasteiger partial charge in [0.15, 0.2) is 0 Å². The third-order valence-corrected chi connectivity index (χ3v) is 25.6. The molecule has 0 aliphatic carbocycles. The van der Waals surface area contributed by atoms with Crippen LogP contribution in [0.5, 0.6) is 23.0 Å². The number of likely N-dealkylation sites (N-methyl/N-ethyl adjacent to an activating group) is 5. The van der Waals surface area contributed by atoms with Crippen LogP contribution in [0.25, 0.3) is 89.2 Å². The summed E-state index contributed by atoms with van der Waals surface area (Å²) in [6.45, 7) is 22.9. The van der Waals surface area contributed by atoms with Crippen molar-refractivity contribution >= 4 is 160 Å². The average Bonchev–Trinajstić information content (AvgIpc) is 1.79. The Morgan fingerprint density at radius 3 is 0.887 bits per heavy atom. The number of benzene rings is 4. The molecule has 4 aromatic carbocycles. The summed E-state index contributed by atoms with van der Waals surface area (Å²) in [5.74, 6) is 2.82. The number of pyridine rings is 4. The first-order valence-corrected chi connectivity index (χ1v) is 48.6. The quantitative estimate of drug-likeness (QED) is 0.0171. The molecular weight excluding hydrogens is 1900 g/mol. The van der Waals surface area contributed by atoms with Gasteiger partial charge in [0.1, 0.15) is 45.6 Å². The van der Waals surface area contributed by atoms with Gasteiger partial charge in [-0.25, -0.2) is 59.8 Å². The fourth-order valence-corrected chi connectivity index (χ4v) is 17.2. The highest BCUT2D eigenvalue weighted by Crippen LogP contribution is 2.45. The van der Waals surface area contributed by atoms with Crippen molar-refractivity contribution in [2.75, 3.05) is 219 Å². The molecule has 18 rings (SSSR count). The van der Waals surface area contributed by atoms with E-state index < -0.39 is 0 Å². The summed E-state index contributed by atoms with van der Waals surface area (Å²) in [7, 11) is 32.7. The summed E-state index contributed by atoms with van der Waals surface area (Å²) in [6.07, 6.45) is 29.0. The van der Waals surface area contributed by atoms with Gasteiger partial charge < -0.3 is 119 Å². The van der Waals surface area contributed by atoms with Crippen molar-refractivity contribution < 1.29 is 38.1 Å². The van der Waals surface area contributed by atoms with E-state index in [9.17, 15) is 19.2 Å². The van der Waals surface area contributed by atoms with Crippen LogP contribution in [-0.2, 0) is 47.4 Å². The minimum Gasteiger partial charge on any atom is -0.494 e. The van der Waals surface area contributed by atoms with Crippen LogP contribution in [0.3, 0.4) is 0 Å². The second-order valence-corrected chi connectivity index (χ2v) is 36.8. The second-order valence-electron chi connectivity index (χ2n) is 36.8. The van der Waals surface area contributed by atoms with E-state index in [1.54, 1.807) is 65.6 Å². The predicted molar refractivity (Wildman–Crippen MR) is 600 cm³/mol. The van der Waals surface area contributed by atoms with Crippen LogP contribution in [-0.4, -0.2) is 285 Å². The molecule has 0 unspecified atom stereocenters. The molecule has 0 saturated carbocycles. The van der Waals surface area contributed by atoms with Crippen molar-refractivity contribution in [2.45, 2.75) is 18.9 Å². The summed E-state index contributed by atoms with van der Waals surface area (Å²) in [6, 6.07) is 39.2. The van der Waals surface area contributed by atoms with Gasteiger partial charge in [0.2, 0.25) is 47.4 Å². The highest BCUT2D eigenvalue weighted by molar-refractivity contribution is 6.06. The molecule has 2 aliphatic heterocycles. The molecule has 150 heavy (non-hydrogen) atoms. The molecule has 14 heterocycles. The van der Waals surface area contributed by atoms with Crippen molar-refractivity contribution in [3.8, 4) is 68.0 Å². The normalized spacial score (nSPS) is 12.5. The number of ether oxygens (including phenoxy) is 4. The van der Waals surface area contributed by atoms with Crippen molar-refractivity contribution in [1.82, 2.24) is 97.7 Å². The summed E-state index contributed by atoms with van der Waals surface area (Å²) in [4.78, 5) is 121. The van der Waals surface area contributed by atoms with Crippen LogP contribution in [0.4, 0.5) is 92.0 Å². The zero-order chi connectivity index (χ0) is 107. The molecule has 0 radical (unpaired) electrons. The number of fused-ring (bicyclic) bond motifs is 4. The molecule has 0 bridgehead atoms. The largest absolute Gasteiger partial charge is 0.494 e. The summed E-state index contributed by atoms with van der Waals surface area (Å²) in [5.41, 5.74) is 18.6. The van der Waals surface area contributed by atoms with Crippen LogP contribution in [0.1, 0.15) is 12.8 Å². The van der Waals surface area contributed by atoms with Gasteiger partial charge in [-0.3, -0.25) is 19.2 Å². The first-order chi connectivity index (χ1) is 72.4. The van der Waals surface area contributed by atoms with Crippen LogP contribution in [0, 0.1) is 0 Å². The lowest BCUT2D eigenvalue weighted by atomic mass is 10.0. The Kier molecular flexibility index (Phi) is 34.8. The molecule has 2 aliphatic rings. The number of anilines is 16. The average molecular weight is 2030 g/mol. The lowest BCUT2D eigenvalue weighted by molar-refractivity contribution is -0.112. The molecule has 776 valence electrons. The number of piperazine rings is 1. The molecule has 40 heteroatoms. The first kappa shape index (κ1) is 107. The number of nitrogens with zero attached hydrogens (tertiary/aromatic N) is 24. The lowest BCUT2D eigenvalue weighted by Crippen LogP contribution is -2.44. The van der Waals surface area contributed by atoms with Crippen molar-refractivity contribution in [1.29, 1.82) is 0 Å². The highest BCUT2D eigenvalue weighted by Gasteiger charge is 2.29. The topological polar surface area (TPSA) is 402 Å². The van der Waals surface area contributed by atoms with E-state index in [1.807, 2.05) is 223 Å². The minimum absolute atomic E-state index is 0.280. The predicted octanol–water partition coefficient (Wildman–Crippen LogP) is 15.9. The summed E-state index contributed by atoms with van der Waals surface area (Å²) in [5, 5.41) is 28.9. The Hall–Kier alpha value is -17.8. The number of methoxy groups -OCH3 is 4. The minimum atomic E-state index is -0.305. The number of aromatic nitrogens is 16. The van der Waals surface area contributed by atoms with Crippen LogP contribution in [0.15, 0.2) is 246 Å². The summed E-state index contributed by atoms with van der Waals surface area (Å²) < 4.78 is 30.8. The Balaban J connectivity index is 0.000000149. The van der Waals surface area contributed by atoms with Gasteiger partial charge in [0.25, 0.3) is 0 Å². The Bertz CT molecular complexity index is 7370. The van der Waals surface area contributed by atoms with E-state index in [1.165, 1.54) is 24.3 Å². The Morgan fingerprint density at radius 1 is 0.340 bits per heavy atom. The number of aryl methyl sites for hydroxylation is 4. The van der Waals surface area contributed by atoms with Crippen molar-refractivity contribution in [2.24, 2.45) is 28.2 Å². The maximum atomic E-state index is 12.3. The fraction of sp³-hybridized carbons (Fsp3) is 0.273. The molecule has 4 amide bonds.